The van der Waals surface area contributed by atoms with Crippen LogP contribution in [-0.4, -0.2) is 12.5 Å². The molecule has 18 heavy (non-hydrogen) atoms. The molecule has 0 fully saturated rings. The van der Waals surface area contributed by atoms with Gasteiger partial charge in [0.05, 0.1) is 6.61 Å². The molecule has 1 atom stereocenters. The Balaban J connectivity index is 2.34. The van der Waals surface area contributed by atoms with Gasteiger partial charge in [-0.3, -0.25) is 0 Å². The maximum atomic E-state index is 5.91. The zero-order chi connectivity index (χ0) is 12.8. The van der Waals surface area contributed by atoms with Crippen LogP contribution in [0.4, 0.5) is 0 Å². The predicted molar refractivity (Wildman–Crippen MR) is 76.1 cm³/mol. The highest BCUT2D eigenvalue weighted by Crippen LogP contribution is 2.28. The molecule has 2 rings (SSSR count). The number of alkyl halides is 1. The lowest BCUT2D eigenvalue weighted by Crippen LogP contribution is -2.09. The highest BCUT2D eigenvalue weighted by Gasteiger charge is 2.15. The molecule has 0 N–H and O–H groups in total. The predicted octanol–water partition coefficient (Wildman–Crippen LogP) is 4.34. The molecule has 0 aromatic heterocycles. The Morgan fingerprint density at radius 2 is 1.67 bits per heavy atom. The molecule has 0 aliphatic heterocycles. The number of benzene rings is 2. The van der Waals surface area contributed by atoms with Crippen LogP contribution in [0.1, 0.15) is 22.8 Å². The van der Waals surface area contributed by atoms with Gasteiger partial charge in [-0.15, -0.1) is 11.6 Å². The van der Waals surface area contributed by atoms with E-state index in [1.165, 1.54) is 11.1 Å². The van der Waals surface area contributed by atoms with Crippen LogP contribution in [-0.2, 0) is 4.74 Å². The molecule has 1 nitrogen and oxygen atoms in total. The smallest absolute Gasteiger partial charge is 0.108 e. The SMILES string of the molecule is Cc1ccccc1C(OCCCl)c1ccccc1. The fourth-order valence-corrected chi connectivity index (χ4v) is 2.13. The Kier molecular flexibility index (Phi) is 4.80. The molecule has 0 spiro atoms. The number of aryl methyl sites for hydroxylation is 1. The summed E-state index contributed by atoms with van der Waals surface area (Å²) >= 11 is 5.74. The van der Waals surface area contributed by atoms with Crippen molar-refractivity contribution in [2.24, 2.45) is 0 Å². The number of rotatable bonds is 5. The Labute approximate surface area is 113 Å². The van der Waals surface area contributed by atoms with E-state index in [1.807, 2.05) is 30.3 Å². The first kappa shape index (κ1) is 13.1. The Morgan fingerprint density at radius 1 is 1.00 bits per heavy atom. The van der Waals surface area contributed by atoms with Gasteiger partial charge in [-0.25, -0.2) is 0 Å². The highest BCUT2D eigenvalue weighted by molar-refractivity contribution is 6.17. The van der Waals surface area contributed by atoms with E-state index >= 15 is 0 Å². The molecule has 2 aromatic carbocycles. The van der Waals surface area contributed by atoms with E-state index in [0.29, 0.717) is 12.5 Å². The summed E-state index contributed by atoms with van der Waals surface area (Å²) in [7, 11) is 0. The molecular formula is C16H17ClO. The van der Waals surface area contributed by atoms with Gasteiger partial charge in [0, 0.05) is 5.88 Å². The first-order chi connectivity index (χ1) is 8.83. The van der Waals surface area contributed by atoms with E-state index < -0.39 is 0 Å². The van der Waals surface area contributed by atoms with E-state index in [9.17, 15) is 0 Å². The molecule has 1 unspecified atom stereocenters. The minimum absolute atomic E-state index is 0.0360. The van der Waals surface area contributed by atoms with Gasteiger partial charge in [0.15, 0.2) is 0 Å². The fourth-order valence-electron chi connectivity index (χ4n) is 2.04. The summed E-state index contributed by atoms with van der Waals surface area (Å²) < 4.78 is 5.91. The van der Waals surface area contributed by atoms with Crippen LogP contribution in [0.2, 0.25) is 0 Å². The van der Waals surface area contributed by atoms with Crippen LogP contribution in [0.25, 0.3) is 0 Å². The zero-order valence-corrected chi connectivity index (χ0v) is 11.2. The average Bonchev–Trinajstić information content (AvgIpc) is 2.42. The maximum absolute atomic E-state index is 5.91. The standard InChI is InChI=1S/C16H17ClO/c1-13-7-5-6-10-15(13)16(18-12-11-17)14-8-3-2-4-9-14/h2-10,16H,11-12H2,1H3. The third kappa shape index (κ3) is 3.12. The van der Waals surface area contributed by atoms with E-state index in [0.717, 1.165) is 5.56 Å². The normalized spacial score (nSPS) is 12.3. The first-order valence-corrected chi connectivity index (χ1v) is 6.64. The molecule has 0 saturated heterocycles. The molecule has 0 amide bonds. The van der Waals surface area contributed by atoms with E-state index in [1.54, 1.807) is 0 Å². The largest absolute Gasteiger partial charge is 0.368 e. The van der Waals surface area contributed by atoms with Gasteiger partial charge in [-0.05, 0) is 23.6 Å². The summed E-state index contributed by atoms with van der Waals surface area (Å²) in [5.41, 5.74) is 3.60. The number of ether oxygens (including phenoxy) is 1. The quantitative estimate of drug-likeness (QED) is 0.727. The lowest BCUT2D eigenvalue weighted by Gasteiger charge is -2.20. The van der Waals surface area contributed by atoms with Crippen molar-refractivity contribution >= 4 is 11.6 Å². The molecule has 2 aromatic rings. The minimum atomic E-state index is -0.0360. The first-order valence-electron chi connectivity index (χ1n) is 6.11. The molecule has 0 aliphatic carbocycles. The summed E-state index contributed by atoms with van der Waals surface area (Å²) in [6.07, 6.45) is -0.0360. The summed E-state index contributed by atoms with van der Waals surface area (Å²) in [5, 5.41) is 0. The Morgan fingerprint density at radius 3 is 2.33 bits per heavy atom. The Bertz CT molecular complexity index is 481. The number of hydrogen-bond donors (Lipinski definition) is 0. The van der Waals surface area contributed by atoms with Crippen molar-refractivity contribution in [2.75, 3.05) is 12.5 Å². The van der Waals surface area contributed by atoms with Crippen molar-refractivity contribution in [1.82, 2.24) is 0 Å². The summed E-state index contributed by atoms with van der Waals surface area (Å²) in [6, 6.07) is 18.6. The van der Waals surface area contributed by atoms with Gasteiger partial charge in [0.2, 0.25) is 0 Å². The highest BCUT2D eigenvalue weighted by atomic mass is 35.5. The van der Waals surface area contributed by atoms with Crippen molar-refractivity contribution in [3.63, 3.8) is 0 Å². The third-order valence-electron chi connectivity index (χ3n) is 2.93. The number of halogens is 1. The van der Waals surface area contributed by atoms with Gasteiger partial charge in [0.25, 0.3) is 0 Å². The molecule has 0 heterocycles. The monoisotopic (exact) mass is 260 g/mol. The van der Waals surface area contributed by atoms with E-state index in [2.05, 4.69) is 31.2 Å². The Hall–Kier alpha value is -1.31. The van der Waals surface area contributed by atoms with Crippen LogP contribution in [0.3, 0.4) is 0 Å². The summed E-state index contributed by atoms with van der Waals surface area (Å²) in [4.78, 5) is 0. The fraction of sp³-hybridized carbons (Fsp3) is 0.250. The zero-order valence-electron chi connectivity index (χ0n) is 10.5. The third-order valence-corrected chi connectivity index (χ3v) is 3.09. The van der Waals surface area contributed by atoms with Crippen molar-refractivity contribution in [2.45, 2.75) is 13.0 Å². The second kappa shape index (κ2) is 6.58. The molecule has 2 heteroatoms. The van der Waals surface area contributed by atoms with Crippen molar-refractivity contribution in [3.05, 3.63) is 71.3 Å². The molecule has 0 aliphatic rings. The average molecular weight is 261 g/mol. The van der Waals surface area contributed by atoms with Crippen LogP contribution in [0, 0.1) is 6.92 Å². The van der Waals surface area contributed by atoms with Crippen molar-refractivity contribution in [1.29, 1.82) is 0 Å². The molecular weight excluding hydrogens is 244 g/mol. The lowest BCUT2D eigenvalue weighted by atomic mass is 9.97. The van der Waals surface area contributed by atoms with Crippen molar-refractivity contribution in [3.8, 4) is 0 Å². The van der Waals surface area contributed by atoms with E-state index in [4.69, 9.17) is 16.3 Å². The van der Waals surface area contributed by atoms with Crippen LogP contribution in [0.15, 0.2) is 54.6 Å². The van der Waals surface area contributed by atoms with Crippen molar-refractivity contribution < 1.29 is 4.74 Å². The van der Waals surface area contributed by atoms with Crippen LogP contribution in [0.5, 0.6) is 0 Å². The molecule has 94 valence electrons. The topological polar surface area (TPSA) is 9.23 Å². The molecule has 0 radical (unpaired) electrons. The minimum Gasteiger partial charge on any atom is -0.368 e. The second-order valence-electron chi connectivity index (χ2n) is 4.21. The lowest BCUT2D eigenvalue weighted by molar-refractivity contribution is 0.0924. The van der Waals surface area contributed by atoms with Gasteiger partial charge in [-0.1, -0.05) is 54.6 Å². The molecule has 0 saturated carbocycles. The second-order valence-corrected chi connectivity index (χ2v) is 4.59. The number of hydrogen-bond acceptors (Lipinski definition) is 1. The maximum Gasteiger partial charge on any atom is 0.108 e. The van der Waals surface area contributed by atoms with Gasteiger partial charge in [0.1, 0.15) is 6.10 Å². The van der Waals surface area contributed by atoms with Crippen LogP contribution >= 0.6 is 11.6 Å². The van der Waals surface area contributed by atoms with E-state index in [-0.39, 0.29) is 6.10 Å². The summed E-state index contributed by atoms with van der Waals surface area (Å²) in [6.45, 7) is 2.66. The summed E-state index contributed by atoms with van der Waals surface area (Å²) in [5.74, 6) is 0.509. The van der Waals surface area contributed by atoms with Gasteiger partial charge in [-0.2, -0.15) is 0 Å². The van der Waals surface area contributed by atoms with Crippen LogP contribution < -0.4 is 0 Å². The van der Waals surface area contributed by atoms with Gasteiger partial charge < -0.3 is 4.74 Å². The van der Waals surface area contributed by atoms with Gasteiger partial charge >= 0.3 is 0 Å². The molecule has 0 bridgehead atoms.